The molecule has 2 aromatic carbocycles. The van der Waals surface area contributed by atoms with Gasteiger partial charge in [-0.3, -0.25) is 18.6 Å². The highest BCUT2D eigenvalue weighted by molar-refractivity contribution is 7.99. The number of nitrogens with one attached hydrogen (secondary N) is 1. The number of rotatable bonds is 6. The third-order valence-electron chi connectivity index (χ3n) is 4.51. The summed E-state index contributed by atoms with van der Waals surface area (Å²) in [5.41, 5.74) is 1.80. The van der Waals surface area contributed by atoms with Gasteiger partial charge in [-0.25, -0.2) is 0 Å². The van der Waals surface area contributed by atoms with E-state index in [0.29, 0.717) is 22.9 Å². The van der Waals surface area contributed by atoms with Crippen molar-refractivity contribution in [2.45, 2.75) is 11.6 Å². The van der Waals surface area contributed by atoms with E-state index in [1.165, 1.54) is 21.9 Å². The van der Waals surface area contributed by atoms with Gasteiger partial charge in [-0.2, -0.15) is 0 Å². The first-order valence-corrected chi connectivity index (χ1v) is 9.90. The van der Waals surface area contributed by atoms with E-state index in [9.17, 15) is 9.59 Å². The Morgan fingerprint density at radius 1 is 1.07 bits per heavy atom. The second-order valence-electron chi connectivity index (χ2n) is 6.37. The molecule has 0 unspecified atom stereocenters. The van der Waals surface area contributed by atoms with Crippen LogP contribution in [0.5, 0.6) is 0 Å². The predicted octanol–water partition coefficient (Wildman–Crippen LogP) is 2.03. The number of aryl methyl sites for hydroxylation is 1. The average molecular weight is 393 g/mol. The number of carbonyl (C=O) groups excluding carboxylic acids is 1. The number of fused-ring (bicyclic) bond motifs is 3. The van der Waals surface area contributed by atoms with Crippen molar-refractivity contribution < 1.29 is 4.79 Å². The first kappa shape index (κ1) is 18.2. The lowest BCUT2D eigenvalue weighted by Crippen LogP contribution is -2.27. The lowest BCUT2D eigenvalue weighted by molar-refractivity contribution is -0.118. The molecule has 0 saturated heterocycles. The molecule has 0 radical (unpaired) electrons. The molecule has 8 heteroatoms. The van der Waals surface area contributed by atoms with Crippen molar-refractivity contribution in [3.63, 3.8) is 0 Å². The Morgan fingerprint density at radius 2 is 1.82 bits per heavy atom. The highest BCUT2D eigenvalue weighted by atomic mass is 32.2. The second-order valence-corrected chi connectivity index (χ2v) is 7.32. The zero-order valence-electron chi connectivity index (χ0n) is 15.3. The van der Waals surface area contributed by atoms with Gasteiger partial charge in [0.1, 0.15) is 0 Å². The SMILES string of the molecule is Cn1c(=O)c2ccccc2n2c(SCC(=O)NCCc3ccccc3)nnc12. The van der Waals surface area contributed by atoms with E-state index < -0.39 is 0 Å². The van der Waals surface area contributed by atoms with Crippen LogP contribution in [0.25, 0.3) is 16.7 Å². The third-order valence-corrected chi connectivity index (χ3v) is 5.44. The van der Waals surface area contributed by atoms with Crippen LogP contribution >= 0.6 is 11.8 Å². The molecule has 4 aromatic rings. The Kier molecular flexibility index (Phi) is 5.12. The number of nitrogens with zero attached hydrogens (tertiary/aromatic N) is 4. The molecule has 0 fully saturated rings. The minimum Gasteiger partial charge on any atom is -0.355 e. The van der Waals surface area contributed by atoms with Crippen LogP contribution in [-0.4, -0.2) is 37.4 Å². The molecule has 7 nitrogen and oxygen atoms in total. The number of benzene rings is 2. The Balaban J connectivity index is 1.48. The maximum absolute atomic E-state index is 12.5. The number of aromatic nitrogens is 4. The van der Waals surface area contributed by atoms with E-state index >= 15 is 0 Å². The lowest BCUT2D eigenvalue weighted by atomic mass is 10.1. The van der Waals surface area contributed by atoms with Gasteiger partial charge in [0.2, 0.25) is 11.7 Å². The first-order valence-electron chi connectivity index (χ1n) is 8.91. The van der Waals surface area contributed by atoms with Crippen molar-refractivity contribution in [1.82, 2.24) is 24.5 Å². The van der Waals surface area contributed by atoms with Gasteiger partial charge < -0.3 is 5.32 Å². The predicted molar refractivity (Wildman–Crippen MR) is 110 cm³/mol. The highest BCUT2D eigenvalue weighted by Crippen LogP contribution is 2.20. The molecule has 2 aromatic heterocycles. The van der Waals surface area contributed by atoms with Gasteiger partial charge in [0.25, 0.3) is 5.56 Å². The number of para-hydroxylation sites is 1. The summed E-state index contributed by atoms with van der Waals surface area (Å²) in [6.45, 7) is 0.585. The van der Waals surface area contributed by atoms with Gasteiger partial charge in [-0.1, -0.05) is 54.2 Å². The van der Waals surface area contributed by atoms with Crippen molar-refractivity contribution in [3.05, 3.63) is 70.5 Å². The molecular formula is C20H19N5O2S. The Bertz CT molecular complexity index is 1200. The largest absolute Gasteiger partial charge is 0.355 e. The Morgan fingerprint density at radius 3 is 2.64 bits per heavy atom. The molecular weight excluding hydrogens is 374 g/mol. The van der Waals surface area contributed by atoms with E-state index in [4.69, 9.17) is 0 Å². The molecule has 0 bridgehead atoms. The zero-order valence-corrected chi connectivity index (χ0v) is 16.1. The van der Waals surface area contributed by atoms with Gasteiger partial charge in [0.05, 0.1) is 16.7 Å². The van der Waals surface area contributed by atoms with Crippen LogP contribution in [0.3, 0.4) is 0 Å². The topological polar surface area (TPSA) is 81.3 Å². The van der Waals surface area contributed by atoms with Crippen molar-refractivity contribution in [2.75, 3.05) is 12.3 Å². The van der Waals surface area contributed by atoms with Crippen LogP contribution in [-0.2, 0) is 18.3 Å². The summed E-state index contributed by atoms with van der Waals surface area (Å²) >= 11 is 1.30. The Labute approximate surface area is 165 Å². The van der Waals surface area contributed by atoms with Gasteiger partial charge in [-0.15, -0.1) is 10.2 Å². The van der Waals surface area contributed by atoms with Crippen LogP contribution in [0.15, 0.2) is 64.5 Å². The van der Waals surface area contributed by atoms with Crippen LogP contribution in [0.2, 0.25) is 0 Å². The summed E-state index contributed by atoms with van der Waals surface area (Å²) < 4.78 is 3.29. The van der Waals surface area contributed by atoms with E-state index in [0.717, 1.165) is 11.9 Å². The average Bonchev–Trinajstić information content (AvgIpc) is 3.15. The highest BCUT2D eigenvalue weighted by Gasteiger charge is 2.15. The quantitative estimate of drug-likeness (QED) is 0.507. The summed E-state index contributed by atoms with van der Waals surface area (Å²) in [7, 11) is 1.67. The minimum atomic E-state index is -0.120. The molecule has 0 aliphatic heterocycles. The molecule has 1 N–H and O–H groups in total. The molecule has 1 amide bonds. The molecule has 0 aliphatic carbocycles. The fourth-order valence-corrected chi connectivity index (χ4v) is 3.85. The number of carbonyl (C=O) groups is 1. The molecule has 142 valence electrons. The third kappa shape index (κ3) is 3.50. The Hall–Kier alpha value is -3.13. The fourth-order valence-electron chi connectivity index (χ4n) is 3.08. The molecule has 0 saturated carbocycles. The van der Waals surface area contributed by atoms with Gasteiger partial charge in [0, 0.05) is 13.6 Å². The van der Waals surface area contributed by atoms with Gasteiger partial charge in [-0.05, 0) is 24.1 Å². The normalized spacial score (nSPS) is 11.2. The summed E-state index contributed by atoms with van der Waals surface area (Å²) in [6.07, 6.45) is 0.790. The summed E-state index contributed by atoms with van der Waals surface area (Å²) in [4.78, 5) is 24.7. The van der Waals surface area contributed by atoms with Crippen molar-refractivity contribution >= 4 is 34.3 Å². The maximum atomic E-state index is 12.5. The molecule has 2 heterocycles. The van der Waals surface area contributed by atoms with E-state index in [-0.39, 0.29) is 17.2 Å². The molecule has 4 rings (SSSR count). The molecule has 28 heavy (non-hydrogen) atoms. The van der Waals surface area contributed by atoms with E-state index in [1.807, 2.05) is 52.9 Å². The van der Waals surface area contributed by atoms with Gasteiger partial charge >= 0.3 is 0 Å². The van der Waals surface area contributed by atoms with Crippen LogP contribution < -0.4 is 10.9 Å². The smallest absolute Gasteiger partial charge is 0.262 e. The number of hydrogen-bond donors (Lipinski definition) is 1. The first-order chi connectivity index (χ1) is 13.6. The van der Waals surface area contributed by atoms with Crippen molar-refractivity contribution in [2.24, 2.45) is 7.05 Å². The van der Waals surface area contributed by atoms with Crippen LogP contribution in [0.1, 0.15) is 5.56 Å². The van der Waals surface area contributed by atoms with Gasteiger partial charge in [0.15, 0.2) is 5.16 Å². The summed E-state index contributed by atoms with van der Waals surface area (Å²) in [6, 6.07) is 17.4. The fraction of sp³-hybridized carbons (Fsp3) is 0.200. The van der Waals surface area contributed by atoms with E-state index in [1.54, 1.807) is 13.1 Å². The summed E-state index contributed by atoms with van der Waals surface area (Å²) in [5.74, 6) is 0.620. The monoisotopic (exact) mass is 393 g/mol. The zero-order chi connectivity index (χ0) is 19.5. The molecule has 0 aliphatic rings. The van der Waals surface area contributed by atoms with E-state index in [2.05, 4.69) is 15.5 Å². The van der Waals surface area contributed by atoms with Crippen LogP contribution in [0.4, 0.5) is 0 Å². The number of thioether (sulfide) groups is 1. The molecule has 0 spiro atoms. The van der Waals surface area contributed by atoms with Crippen molar-refractivity contribution in [3.8, 4) is 0 Å². The molecule has 0 atom stereocenters. The summed E-state index contributed by atoms with van der Waals surface area (Å²) in [5, 5.41) is 12.4. The van der Waals surface area contributed by atoms with Crippen LogP contribution in [0, 0.1) is 0 Å². The number of amides is 1. The van der Waals surface area contributed by atoms with Crippen molar-refractivity contribution in [1.29, 1.82) is 0 Å². The standard InChI is InChI=1S/C20H19N5O2S/c1-24-18(27)15-9-5-6-10-16(15)25-19(24)22-23-20(25)28-13-17(26)21-12-11-14-7-3-2-4-8-14/h2-10H,11-13H2,1H3,(H,21,26). The maximum Gasteiger partial charge on any atom is 0.262 e. The second kappa shape index (κ2) is 7.85. The number of hydrogen-bond acceptors (Lipinski definition) is 5. The minimum absolute atomic E-state index is 0.0631. The lowest BCUT2D eigenvalue weighted by Gasteiger charge is -2.08.